The van der Waals surface area contributed by atoms with E-state index in [1.54, 1.807) is 11.8 Å². The number of hydrogen-bond acceptors (Lipinski definition) is 4. The number of carbonyl (C=O) groups excluding carboxylic acids is 2. The molecule has 0 bridgehead atoms. The summed E-state index contributed by atoms with van der Waals surface area (Å²) in [6.45, 7) is 4.98. The van der Waals surface area contributed by atoms with Crippen LogP contribution in [0, 0.1) is 5.92 Å². The van der Waals surface area contributed by atoms with Crippen molar-refractivity contribution in [1.29, 1.82) is 0 Å². The molecule has 0 aliphatic carbocycles. The molecule has 5 heteroatoms. The molecule has 1 atom stereocenters. The van der Waals surface area contributed by atoms with Crippen LogP contribution in [-0.2, 0) is 20.7 Å². The van der Waals surface area contributed by atoms with Gasteiger partial charge < -0.3 is 14.4 Å². The average Bonchev–Trinajstić information content (AvgIpc) is 2.61. The largest absolute Gasteiger partial charge is 0.481 e. The van der Waals surface area contributed by atoms with Crippen LogP contribution in [-0.4, -0.2) is 43.1 Å². The van der Waals surface area contributed by atoms with E-state index in [1.165, 1.54) is 7.11 Å². The number of methoxy groups -OCH3 is 1. The van der Waals surface area contributed by atoms with Gasteiger partial charge in [-0.05, 0) is 37.8 Å². The van der Waals surface area contributed by atoms with Gasteiger partial charge in [-0.2, -0.15) is 0 Å². The number of ether oxygens (including phenoxy) is 2. The summed E-state index contributed by atoms with van der Waals surface area (Å²) in [4.78, 5) is 25.8. The normalized spacial score (nSPS) is 16.7. The molecule has 0 unspecified atom stereocenters. The zero-order chi connectivity index (χ0) is 16.8. The summed E-state index contributed by atoms with van der Waals surface area (Å²) in [6.07, 6.45) is 1.63. The molecule has 1 fully saturated rings. The van der Waals surface area contributed by atoms with Gasteiger partial charge in [-0.1, -0.05) is 25.1 Å². The number of amides is 1. The lowest BCUT2D eigenvalue weighted by Crippen LogP contribution is -2.45. The van der Waals surface area contributed by atoms with E-state index in [0.29, 0.717) is 25.9 Å². The van der Waals surface area contributed by atoms with E-state index in [1.807, 2.05) is 24.3 Å². The maximum atomic E-state index is 12.5. The summed E-state index contributed by atoms with van der Waals surface area (Å²) in [5, 5.41) is 0. The number of aryl methyl sites for hydroxylation is 1. The minimum Gasteiger partial charge on any atom is -0.481 e. The number of para-hydroxylation sites is 1. The first-order chi connectivity index (χ1) is 11.1. The first-order valence-electron chi connectivity index (χ1n) is 8.18. The Morgan fingerprint density at radius 3 is 2.52 bits per heavy atom. The summed E-state index contributed by atoms with van der Waals surface area (Å²) in [5.41, 5.74) is 1.09. The van der Waals surface area contributed by atoms with Crippen molar-refractivity contribution in [2.45, 2.75) is 39.2 Å². The smallest absolute Gasteiger partial charge is 0.308 e. The molecule has 1 aliphatic rings. The molecule has 1 aliphatic heterocycles. The molecular weight excluding hydrogens is 294 g/mol. The van der Waals surface area contributed by atoms with Crippen molar-refractivity contribution in [2.24, 2.45) is 5.92 Å². The third kappa shape index (κ3) is 4.24. The van der Waals surface area contributed by atoms with Gasteiger partial charge in [-0.3, -0.25) is 9.59 Å². The first-order valence-corrected chi connectivity index (χ1v) is 8.18. The molecule has 1 aromatic carbocycles. The minimum atomic E-state index is -0.530. The second kappa shape index (κ2) is 7.99. The van der Waals surface area contributed by atoms with Crippen LogP contribution < -0.4 is 4.74 Å². The molecule has 23 heavy (non-hydrogen) atoms. The van der Waals surface area contributed by atoms with Gasteiger partial charge in [0.15, 0.2) is 6.10 Å². The molecule has 1 heterocycles. The average molecular weight is 319 g/mol. The molecule has 2 rings (SSSR count). The molecule has 1 amide bonds. The Morgan fingerprint density at radius 2 is 1.91 bits per heavy atom. The fraction of sp³-hybridized carbons (Fsp3) is 0.556. The summed E-state index contributed by atoms with van der Waals surface area (Å²) in [5.74, 6) is 0.457. The van der Waals surface area contributed by atoms with Gasteiger partial charge in [0.2, 0.25) is 0 Å². The first kappa shape index (κ1) is 17.3. The standard InChI is InChI=1S/C18H25NO4/c1-4-14-7-5-6-8-16(14)23-13(2)17(20)19-11-9-15(10-12-19)18(21)22-3/h5-8,13,15H,4,9-12H2,1-3H3/t13-/m1/s1. The number of esters is 1. The molecule has 0 radical (unpaired) electrons. The second-order valence-corrected chi connectivity index (χ2v) is 5.84. The van der Waals surface area contributed by atoms with E-state index in [-0.39, 0.29) is 17.8 Å². The predicted molar refractivity (Wildman–Crippen MR) is 87.2 cm³/mol. The van der Waals surface area contributed by atoms with E-state index >= 15 is 0 Å². The monoisotopic (exact) mass is 319 g/mol. The number of benzene rings is 1. The fourth-order valence-electron chi connectivity index (χ4n) is 2.91. The summed E-state index contributed by atoms with van der Waals surface area (Å²) in [7, 11) is 1.40. The van der Waals surface area contributed by atoms with E-state index < -0.39 is 6.10 Å². The highest BCUT2D eigenvalue weighted by atomic mass is 16.5. The molecular formula is C18H25NO4. The Labute approximate surface area is 137 Å². The molecule has 0 spiro atoms. The summed E-state index contributed by atoms with van der Waals surface area (Å²) < 4.78 is 10.6. The van der Waals surface area contributed by atoms with Gasteiger partial charge in [0.05, 0.1) is 13.0 Å². The molecule has 1 saturated heterocycles. The van der Waals surface area contributed by atoms with Crippen LogP contribution in [0.4, 0.5) is 0 Å². The van der Waals surface area contributed by atoms with Crippen LogP contribution in [0.25, 0.3) is 0 Å². The Bertz CT molecular complexity index is 550. The molecule has 5 nitrogen and oxygen atoms in total. The van der Waals surface area contributed by atoms with Gasteiger partial charge in [0.25, 0.3) is 5.91 Å². The number of hydrogen-bond donors (Lipinski definition) is 0. The Balaban J connectivity index is 1.92. The number of carbonyl (C=O) groups is 2. The Morgan fingerprint density at radius 1 is 1.26 bits per heavy atom. The number of rotatable bonds is 5. The van der Waals surface area contributed by atoms with Crippen molar-refractivity contribution < 1.29 is 19.1 Å². The van der Waals surface area contributed by atoms with E-state index in [2.05, 4.69) is 6.92 Å². The predicted octanol–water partition coefficient (Wildman–Crippen LogP) is 2.43. The number of likely N-dealkylation sites (tertiary alicyclic amines) is 1. The van der Waals surface area contributed by atoms with Gasteiger partial charge in [0, 0.05) is 13.1 Å². The summed E-state index contributed by atoms with van der Waals surface area (Å²) >= 11 is 0. The lowest BCUT2D eigenvalue weighted by Gasteiger charge is -2.32. The van der Waals surface area contributed by atoms with E-state index in [9.17, 15) is 9.59 Å². The maximum Gasteiger partial charge on any atom is 0.308 e. The SMILES string of the molecule is CCc1ccccc1O[C@H](C)C(=O)N1CCC(C(=O)OC)CC1. The van der Waals surface area contributed by atoms with Crippen LogP contribution in [0.2, 0.25) is 0 Å². The molecule has 0 N–H and O–H groups in total. The van der Waals surface area contributed by atoms with Crippen molar-refractivity contribution in [1.82, 2.24) is 4.90 Å². The third-order valence-electron chi connectivity index (χ3n) is 4.35. The Kier molecular flexibility index (Phi) is 6.02. The summed E-state index contributed by atoms with van der Waals surface area (Å²) in [6, 6.07) is 7.78. The maximum absolute atomic E-state index is 12.5. The zero-order valence-electron chi connectivity index (χ0n) is 14.1. The highest BCUT2D eigenvalue weighted by Crippen LogP contribution is 2.22. The highest BCUT2D eigenvalue weighted by molar-refractivity contribution is 5.81. The van der Waals surface area contributed by atoms with Crippen LogP contribution >= 0.6 is 0 Å². The van der Waals surface area contributed by atoms with Crippen LogP contribution in [0.3, 0.4) is 0 Å². The number of nitrogens with zero attached hydrogens (tertiary/aromatic N) is 1. The number of piperidine rings is 1. The van der Waals surface area contributed by atoms with Gasteiger partial charge in [0.1, 0.15) is 5.75 Å². The zero-order valence-corrected chi connectivity index (χ0v) is 14.1. The van der Waals surface area contributed by atoms with E-state index in [4.69, 9.17) is 9.47 Å². The van der Waals surface area contributed by atoms with Crippen LogP contribution in [0.1, 0.15) is 32.3 Å². The minimum absolute atomic E-state index is 0.0285. The third-order valence-corrected chi connectivity index (χ3v) is 4.35. The lowest BCUT2D eigenvalue weighted by molar-refractivity contribution is -0.150. The van der Waals surface area contributed by atoms with Crippen LogP contribution in [0.15, 0.2) is 24.3 Å². The van der Waals surface area contributed by atoms with Gasteiger partial charge in [-0.15, -0.1) is 0 Å². The molecule has 126 valence electrons. The quantitative estimate of drug-likeness (QED) is 0.782. The fourth-order valence-corrected chi connectivity index (χ4v) is 2.91. The van der Waals surface area contributed by atoms with Crippen molar-refractivity contribution >= 4 is 11.9 Å². The lowest BCUT2D eigenvalue weighted by atomic mass is 9.97. The van der Waals surface area contributed by atoms with Crippen molar-refractivity contribution in [3.63, 3.8) is 0 Å². The van der Waals surface area contributed by atoms with E-state index in [0.717, 1.165) is 17.7 Å². The molecule has 0 aromatic heterocycles. The molecule has 1 aromatic rings. The van der Waals surface area contributed by atoms with Crippen molar-refractivity contribution in [3.8, 4) is 5.75 Å². The molecule has 0 saturated carbocycles. The van der Waals surface area contributed by atoms with Gasteiger partial charge >= 0.3 is 5.97 Å². The Hall–Kier alpha value is -2.04. The van der Waals surface area contributed by atoms with Crippen molar-refractivity contribution in [2.75, 3.05) is 20.2 Å². The van der Waals surface area contributed by atoms with Crippen LogP contribution in [0.5, 0.6) is 5.75 Å². The highest BCUT2D eigenvalue weighted by Gasteiger charge is 2.30. The second-order valence-electron chi connectivity index (χ2n) is 5.84. The van der Waals surface area contributed by atoms with Gasteiger partial charge in [-0.25, -0.2) is 0 Å². The van der Waals surface area contributed by atoms with Crippen molar-refractivity contribution in [3.05, 3.63) is 29.8 Å². The topological polar surface area (TPSA) is 55.8 Å².